The quantitative estimate of drug-likeness (QED) is 0.901. The largest absolute Gasteiger partial charge is 0.391 e. The maximum absolute atomic E-state index is 10.6. The number of aliphatic hydroxyl groups excluding tert-OH is 1. The maximum Gasteiger partial charge on any atom is 0.0794 e. The molecule has 2 aliphatic heterocycles. The minimum atomic E-state index is -0.164. The van der Waals surface area contributed by atoms with E-state index in [-0.39, 0.29) is 6.10 Å². The Bertz CT molecular complexity index is 478. The molecule has 122 valence electrons. The van der Waals surface area contributed by atoms with E-state index in [4.69, 9.17) is 4.74 Å². The van der Waals surface area contributed by atoms with Crippen molar-refractivity contribution in [3.05, 3.63) is 16.6 Å². The third-order valence-corrected chi connectivity index (χ3v) is 6.33. The number of morpholine rings is 1. The lowest BCUT2D eigenvalue weighted by molar-refractivity contribution is -0.0520. The van der Waals surface area contributed by atoms with E-state index in [9.17, 15) is 5.11 Å². The van der Waals surface area contributed by atoms with E-state index in [1.54, 1.807) is 11.3 Å². The second-order valence-electron chi connectivity index (χ2n) is 6.94. The predicted molar refractivity (Wildman–Crippen MR) is 85.8 cm³/mol. The summed E-state index contributed by atoms with van der Waals surface area (Å²) in [7, 11) is 0. The molecule has 3 aliphatic rings. The van der Waals surface area contributed by atoms with Crippen molar-refractivity contribution in [1.82, 2.24) is 14.8 Å². The molecule has 1 N–H and O–H groups in total. The summed E-state index contributed by atoms with van der Waals surface area (Å²) in [4.78, 5) is 10.5. The van der Waals surface area contributed by atoms with Crippen molar-refractivity contribution < 1.29 is 9.84 Å². The number of hydrogen-bond acceptors (Lipinski definition) is 6. The van der Waals surface area contributed by atoms with Crippen molar-refractivity contribution in [2.45, 2.75) is 31.5 Å². The van der Waals surface area contributed by atoms with Crippen LogP contribution in [-0.2, 0) is 11.3 Å². The van der Waals surface area contributed by atoms with Crippen LogP contribution in [0.15, 0.2) is 11.7 Å². The van der Waals surface area contributed by atoms with Crippen molar-refractivity contribution in [2.75, 3.05) is 39.4 Å². The zero-order chi connectivity index (χ0) is 14.9. The Morgan fingerprint density at radius 1 is 1.23 bits per heavy atom. The second-order valence-corrected chi connectivity index (χ2v) is 7.91. The number of rotatable bonds is 3. The lowest BCUT2D eigenvalue weighted by atomic mass is 9.77. The summed E-state index contributed by atoms with van der Waals surface area (Å²) >= 11 is 1.74. The summed E-state index contributed by atoms with van der Waals surface area (Å²) in [6, 6.07) is 0.341. The highest BCUT2D eigenvalue weighted by Gasteiger charge is 2.43. The molecule has 0 aromatic carbocycles. The third-order valence-electron chi connectivity index (χ3n) is 5.56. The van der Waals surface area contributed by atoms with Gasteiger partial charge in [-0.3, -0.25) is 14.8 Å². The molecule has 3 heterocycles. The molecule has 22 heavy (non-hydrogen) atoms. The van der Waals surface area contributed by atoms with Crippen LogP contribution in [0.4, 0.5) is 0 Å². The summed E-state index contributed by atoms with van der Waals surface area (Å²) < 4.78 is 5.45. The number of nitrogens with zero attached hydrogens (tertiary/aromatic N) is 3. The van der Waals surface area contributed by atoms with Gasteiger partial charge in [-0.15, -0.1) is 11.3 Å². The van der Waals surface area contributed by atoms with Crippen LogP contribution in [-0.4, -0.2) is 71.4 Å². The van der Waals surface area contributed by atoms with Gasteiger partial charge in [0.2, 0.25) is 0 Å². The molecule has 0 bridgehead atoms. The molecule has 0 spiro atoms. The molecule has 1 aromatic heterocycles. The van der Waals surface area contributed by atoms with Gasteiger partial charge in [0.1, 0.15) is 0 Å². The van der Waals surface area contributed by atoms with Crippen LogP contribution in [0.5, 0.6) is 0 Å². The molecule has 2 saturated heterocycles. The lowest BCUT2D eigenvalue weighted by Gasteiger charge is -2.43. The van der Waals surface area contributed by atoms with E-state index in [1.807, 2.05) is 11.7 Å². The summed E-state index contributed by atoms with van der Waals surface area (Å²) in [5.74, 6) is 1.41. The molecular weight excluding hydrogens is 298 g/mol. The van der Waals surface area contributed by atoms with Crippen molar-refractivity contribution in [3.63, 3.8) is 0 Å². The maximum atomic E-state index is 10.6. The second kappa shape index (κ2) is 6.53. The Morgan fingerprint density at radius 3 is 2.73 bits per heavy atom. The van der Waals surface area contributed by atoms with Crippen LogP contribution in [0.1, 0.15) is 17.7 Å². The van der Waals surface area contributed by atoms with Crippen LogP contribution in [0.3, 0.4) is 0 Å². The number of ether oxygens (including phenoxy) is 1. The predicted octanol–water partition coefficient (Wildman–Crippen LogP) is 1.05. The zero-order valence-corrected chi connectivity index (χ0v) is 13.7. The Kier molecular flexibility index (Phi) is 4.46. The van der Waals surface area contributed by atoms with Crippen molar-refractivity contribution in [1.29, 1.82) is 0 Å². The highest BCUT2D eigenvalue weighted by molar-refractivity contribution is 7.09. The molecule has 1 saturated carbocycles. The summed E-state index contributed by atoms with van der Waals surface area (Å²) in [5.41, 5.74) is 1.91. The SMILES string of the molecule is O[C@@H]1C[C@H]2CN(Cc3cncs3)C[C@H]2C[C@H]1N1CCOCC1. The Morgan fingerprint density at radius 2 is 2.00 bits per heavy atom. The van der Waals surface area contributed by atoms with Crippen LogP contribution < -0.4 is 0 Å². The molecule has 4 rings (SSSR count). The minimum Gasteiger partial charge on any atom is -0.391 e. The molecule has 1 aromatic rings. The fourth-order valence-electron chi connectivity index (χ4n) is 4.48. The molecule has 0 unspecified atom stereocenters. The minimum absolute atomic E-state index is 0.164. The number of thiazole rings is 1. The van der Waals surface area contributed by atoms with Crippen LogP contribution >= 0.6 is 11.3 Å². The van der Waals surface area contributed by atoms with E-state index in [0.29, 0.717) is 12.0 Å². The van der Waals surface area contributed by atoms with Crippen LogP contribution in [0.2, 0.25) is 0 Å². The van der Waals surface area contributed by atoms with Gasteiger partial charge in [-0.1, -0.05) is 0 Å². The van der Waals surface area contributed by atoms with Gasteiger partial charge >= 0.3 is 0 Å². The van der Waals surface area contributed by atoms with Gasteiger partial charge in [-0.2, -0.15) is 0 Å². The van der Waals surface area contributed by atoms with Gasteiger partial charge in [0.25, 0.3) is 0 Å². The molecule has 6 heteroatoms. The van der Waals surface area contributed by atoms with E-state index in [1.165, 1.54) is 11.4 Å². The smallest absolute Gasteiger partial charge is 0.0794 e. The van der Waals surface area contributed by atoms with Gasteiger partial charge in [-0.05, 0) is 24.7 Å². The first kappa shape index (κ1) is 15.0. The Balaban J connectivity index is 1.38. The molecule has 0 amide bonds. The molecular formula is C16H25N3O2S. The first-order chi connectivity index (χ1) is 10.8. The van der Waals surface area contributed by atoms with Crippen molar-refractivity contribution >= 4 is 11.3 Å². The Hall–Kier alpha value is -0.530. The van der Waals surface area contributed by atoms with Gasteiger partial charge in [-0.25, -0.2) is 0 Å². The highest BCUT2D eigenvalue weighted by Crippen LogP contribution is 2.39. The van der Waals surface area contributed by atoms with Crippen molar-refractivity contribution in [2.24, 2.45) is 11.8 Å². The average molecular weight is 323 g/mol. The van der Waals surface area contributed by atoms with E-state index in [2.05, 4.69) is 14.8 Å². The highest BCUT2D eigenvalue weighted by atomic mass is 32.1. The number of hydrogen-bond donors (Lipinski definition) is 1. The molecule has 1 aliphatic carbocycles. The van der Waals surface area contributed by atoms with E-state index < -0.39 is 0 Å². The lowest BCUT2D eigenvalue weighted by Crippen LogP contribution is -2.53. The fourth-order valence-corrected chi connectivity index (χ4v) is 5.11. The molecule has 4 atom stereocenters. The summed E-state index contributed by atoms with van der Waals surface area (Å²) in [5, 5.41) is 10.6. The molecule has 3 fully saturated rings. The van der Waals surface area contributed by atoms with Crippen LogP contribution in [0, 0.1) is 11.8 Å². The molecule has 5 nitrogen and oxygen atoms in total. The number of aliphatic hydroxyl groups is 1. The van der Waals surface area contributed by atoms with Gasteiger partial charge < -0.3 is 9.84 Å². The average Bonchev–Trinajstić information content (AvgIpc) is 3.16. The van der Waals surface area contributed by atoms with Gasteiger partial charge in [0.15, 0.2) is 0 Å². The van der Waals surface area contributed by atoms with E-state index >= 15 is 0 Å². The zero-order valence-electron chi connectivity index (χ0n) is 12.9. The van der Waals surface area contributed by atoms with Crippen LogP contribution in [0.25, 0.3) is 0 Å². The standard InChI is InChI=1S/C16H25N3O2S/c20-16-6-13-9-18(10-14-7-17-11-22-14)8-12(13)5-15(16)19-1-3-21-4-2-19/h7,11-13,15-16,20H,1-6,8-10H2/t12-,13+,15-,16-/m1/s1. The summed E-state index contributed by atoms with van der Waals surface area (Å²) in [6.07, 6.45) is 3.93. The normalized spacial score (nSPS) is 37.3. The van der Waals surface area contributed by atoms with Gasteiger partial charge in [0, 0.05) is 49.8 Å². The topological polar surface area (TPSA) is 48.8 Å². The monoisotopic (exact) mass is 323 g/mol. The van der Waals surface area contributed by atoms with Gasteiger partial charge in [0.05, 0.1) is 24.8 Å². The fraction of sp³-hybridized carbons (Fsp3) is 0.812. The first-order valence-electron chi connectivity index (χ1n) is 8.39. The van der Waals surface area contributed by atoms with Crippen molar-refractivity contribution in [3.8, 4) is 0 Å². The van der Waals surface area contributed by atoms with E-state index in [0.717, 1.165) is 58.2 Å². The Labute approximate surface area is 135 Å². The third kappa shape index (κ3) is 3.08. The number of fused-ring (bicyclic) bond motifs is 1. The summed E-state index contributed by atoms with van der Waals surface area (Å²) in [6.45, 7) is 6.92. The number of aromatic nitrogens is 1. The number of likely N-dealkylation sites (tertiary alicyclic amines) is 1. The first-order valence-corrected chi connectivity index (χ1v) is 9.27. The molecule has 0 radical (unpaired) electrons.